The van der Waals surface area contributed by atoms with Crippen molar-refractivity contribution in [3.8, 4) is 0 Å². The molecule has 0 spiro atoms. The number of fused-ring (bicyclic) bond motifs is 1. The quantitative estimate of drug-likeness (QED) is 0.537. The molecule has 0 radical (unpaired) electrons. The van der Waals surface area contributed by atoms with Crippen LogP contribution in [0, 0.1) is 0 Å². The third kappa shape index (κ3) is 1.94. The lowest BCUT2D eigenvalue weighted by molar-refractivity contribution is 0.0113. The molecular formula is C10H13N5O3S. The van der Waals surface area contributed by atoms with Crippen LogP contribution < -0.4 is 5.73 Å². The maximum atomic E-state index is 10.0. The van der Waals surface area contributed by atoms with E-state index in [2.05, 4.69) is 15.0 Å². The van der Waals surface area contributed by atoms with Gasteiger partial charge in [-0.2, -0.15) is 4.98 Å². The molecule has 2 aromatic rings. The highest BCUT2D eigenvalue weighted by atomic mass is 32.2. The summed E-state index contributed by atoms with van der Waals surface area (Å²) in [5.41, 5.74) is 6.53. The minimum Gasteiger partial charge on any atom is -0.395 e. The molecule has 0 aromatic carbocycles. The minimum atomic E-state index is -0.989. The zero-order valence-electron chi connectivity index (χ0n) is 9.79. The second-order valence-electron chi connectivity index (χ2n) is 4.32. The monoisotopic (exact) mass is 283 g/mol. The highest BCUT2D eigenvalue weighted by molar-refractivity contribution is 8.00. The number of nitrogens with zero attached hydrogens (tertiary/aromatic N) is 4. The van der Waals surface area contributed by atoms with Crippen molar-refractivity contribution < 1.29 is 15.3 Å². The van der Waals surface area contributed by atoms with Crippen LogP contribution in [0.5, 0.6) is 0 Å². The lowest BCUT2D eigenvalue weighted by Gasteiger charge is -2.17. The van der Waals surface area contributed by atoms with Crippen LogP contribution >= 0.6 is 11.8 Å². The fourth-order valence-electron chi connectivity index (χ4n) is 2.15. The maximum absolute atomic E-state index is 10.0. The van der Waals surface area contributed by atoms with Crippen LogP contribution in [0.3, 0.4) is 0 Å². The molecule has 0 bridgehead atoms. The Morgan fingerprint density at radius 1 is 1.32 bits per heavy atom. The average molecular weight is 283 g/mol. The first-order chi connectivity index (χ1) is 9.11. The molecule has 1 aliphatic heterocycles. The molecule has 3 rings (SSSR count). The first kappa shape index (κ1) is 12.6. The van der Waals surface area contributed by atoms with E-state index in [9.17, 15) is 10.2 Å². The Morgan fingerprint density at radius 2 is 2.11 bits per heavy atom. The van der Waals surface area contributed by atoms with Gasteiger partial charge in [-0.05, 0) is 0 Å². The molecule has 19 heavy (non-hydrogen) atoms. The first-order valence-corrected chi connectivity index (χ1v) is 6.63. The van der Waals surface area contributed by atoms with Crippen molar-refractivity contribution in [2.75, 3.05) is 12.3 Å². The predicted octanol–water partition coefficient (Wildman–Crippen LogP) is -1.26. The van der Waals surface area contributed by atoms with Crippen LogP contribution in [-0.2, 0) is 0 Å². The number of aliphatic hydroxyl groups excluding tert-OH is 3. The summed E-state index contributed by atoms with van der Waals surface area (Å²) in [6, 6.07) is 0. The Bertz CT molecular complexity index is 606. The molecule has 9 heteroatoms. The molecule has 8 nitrogen and oxygen atoms in total. The third-order valence-corrected chi connectivity index (χ3v) is 4.70. The number of aromatic nitrogens is 4. The van der Waals surface area contributed by atoms with Gasteiger partial charge in [0.15, 0.2) is 5.65 Å². The largest absolute Gasteiger partial charge is 0.395 e. The van der Waals surface area contributed by atoms with Crippen molar-refractivity contribution in [3.05, 3.63) is 12.5 Å². The number of anilines is 1. The molecule has 3 heterocycles. The van der Waals surface area contributed by atoms with Gasteiger partial charge in [0.1, 0.15) is 17.0 Å². The van der Waals surface area contributed by atoms with Gasteiger partial charge in [-0.15, -0.1) is 11.8 Å². The molecule has 1 saturated heterocycles. The normalized spacial score (nSPS) is 31.1. The Morgan fingerprint density at radius 3 is 2.79 bits per heavy atom. The summed E-state index contributed by atoms with van der Waals surface area (Å²) in [6.45, 7) is -0.199. The third-order valence-electron chi connectivity index (χ3n) is 3.14. The summed E-state index contributed by atoms with van der Waals surface area (Å²) in [4.78, 5) is 12.0. The van der Waals surface area contributed by atoms with Crippen molar-refractivity contribution >= 4 is 28.9 Å². The fourth-order valence-corrected chi connectivity index (χ4v) is 3.54. The molecule has 4 atom stereocenters. The summed E-state index contributed by atoms with van der Waals surface area (Å²) >= 11 is 1.29. The van der Waals surface area contributed by atoms with E-state index >= 15 is 0 Å². The molecule has 1 fully saturated rings. The summed E-state index contributed by atoms with van der Waals surface area (Å²) in [5, 5.41) is 28.2. The zero-order valence-corrected chi connectivity index (χ0v) is 10.6. The SMILES string of the molecule is Nc1ncc2c(ncn2[C@@H]2S[C@H](CO)[C@@H](O)[C@@H]2O)n1. The Kier molecular flexibility index (Phi) is 3.05. The van der Waals surface area contributed by atoms with E-state index < -0.39 is 22.8 Å². The summed E-state index contributed by atoms with van der Waals surface area (Å²) < 4.78 is 1.68. The van der Waals surface area contributed by atoms with Crippen LogP contribution in [0.2, 0.25) is 0 Å². The van der Waals surface area contributed by atoms with E-state index in [0.717, 1.165) is 0 Å². The van der Waals surface area contributed by atoms with Crippen LogP contribution in [0.4, 0.5) is 5.95 Å². The number of rotatable bonds is 2. The van der Waals surface area contributed by atoms with Crippen LogP contribution in [-0.4, -0.2) is 58.9 Å². The van der Waals surface area contributed by atoms with E-state index in [1.165, 1.54) is 24.3 Å². The molecule has 0 unspecified atom stereocenters. The fraction of sp³-hybridized carbons (Fsp3) is 0.500. The van der Waals surface area contributed by atoms with Crippen LogP contribution in [0.25, 0.3) is 11.2 Å². The number of hydrogen-bond donors (Lipinski definition) is 4. The van der Waals surface area contributed by atoms with E-state index in [-0.39, 0.29) is 12.6 Å². The summed E-state index contributed by atoms with van der Waals surface area (Å²) in [7, 11) is 0. The Hall–Kier alpha value is -1.42. The summed E-state index contributed by atoms with van der Waals surface area (Å²) in [6.07, 6.45) is 1.08. The first-order valence-electron chi connectivity index (χ1n) is 5.69. The molecule has 0 amide bonds. The van der Waals surface area contributed by atoms with Gasteiger partial charge in [-0.25, -0.2) is 9.97 Å². The molecule has 0 aliphatic carbocycles. The predicted molar refractivity (Wildman–Crippen MR) is 69.3 cm³/mol. The van der Waals surface area contributed by atoms with Crippen LogP contribution in [0.1, 0.15) is 5.37 Å². The maximum Gasteiger partial charge on any atom is 0.222 e. The number of nitrogen functional groups attached to an aromatic ring is 1. The molecule has 5 N–H and O–H groups in total. The lowest BCUT2D eigenvalue weighted by atomic mass is 10.1. The number of hydrogen-bond acceptors (Lipinski definition) is 8. The van der Waals surface area contributed by atoms with Gasteiger partial charge in [0.2, 0.25) is 5.95 Å². The van der Waals surface area contributed by atoms with E-state index in [1.807, 2.05) is 0 Å². The van der Waals surface area contributed by atoms with Crippen molar-refractivity contribution in [2.24, 2.45) is 0 Å². The topological polar surface area (TPSA) is 130 Å². The number of imidazole rings is 1. The molecule has 102 valence electrons. The van der Waals surface area contributed by atoms with Gasteiger partial charge in [0.05, 0.1) is 30.5 Å². The Balaban J connectivity index is 2.01. The number of nitrogens with two attached hydrogens (primary N) is 1. The van der Waals surface area contributed by atoms with E-state index in [4.69, 9.17) is 10.8 Å². The van der Waals surface area contributed by atoms with E-state index in [0.29, 0.717) is 11.2 Å². The molecule has 2 aromatic heterocycles. The molecular weight excluding hydrogens is 270 g/mol. The second-order valence-corrected chi connectivity index (χ2v) is 5.68. The molecule has 0 saturated carbocycles. The van der Waals surface area contributed by atoms with Crippen LogP contribution in [0.15, 0.2) is 12.5 Å². The smallest absolute Gasteiger partial charge is 0.222 e. The van der Waals surface area contributed by atoms with Gasteiger partial charge in [-0.3, -0.25) is 0 Å². The van der Waals surface area contributed by atoms with Crippen molar-refractivity contribution in [1.29, 1.82) is 0 Å². The van der Waals surface area contributed by atoms with Gasteiger partial charge in [-0.1, -0.05) is 0 Å². The standard InChI is InChI=1S/C10H13N5O3S/c11-10-12-1-4-8(14-10)13-3-15(4)9-7(18)6(17)5(2-16)19-9/h1,3,5-7,9,16-18H,2H2,(H2,11,12,14)/t5-,6-,7+,9-/m1/s1. The van der Waals surface area contributed by atoms with Gasteiger partial charge in [0, 0.05) is 0 Å². The average Bonchev–Trinajstić information content (AvgIpc) is 2.92. The highest BCUT2D eigenvalue weighted by Gasteiger charge is 2.43. The minimum absolute atomic E-state index is 0.130. The van der Waals surface area contributed by atoms with E-state index in [1.54, 1.807) is 4.57 Å². The Labute approximate surface area is 112 Å². The van der Waals surface area contributed by atoms with Gasteiger partial charge in [0.25, 0.3) is 0 Å². The van der Waals surface area contributed by atoms with Crippen molar-refractivity contribution in [1.82, 2.24) is 19.5 Å². The van der Waals surface area contributed by atoms with Crippen molar-refractivity contribution in [2.45, 2.75) is 22.8 Å². The number of thioether (sulfide) groups is 1. The van der Waals surface area contributed by atoms with Crippen molar-refractivity contribution in [3.63, 3.8) is 0 Å². The highest BCUT2D eigenvalue weighted by Crippen LogP contribution is 2.42. The van der Waals surface area contributed by atoms with Gasteiger partial charge >= 0.3 is 0 Å². The molecule has 1 aliphatic rings. The van der Waals surface area contributed by atoms with Gasteiger partial charge < -0.3 is 25.6 Å². The number of aliphatic hydroxyl groups is 3. The summed E-state index contributed by atoms with van der Waals surface area (Å²) in [5.74, 6) is 0.130. The second kappa shape index (κ2) is 4.60. The zero-order chi connectivity index (χ0) is 13.6. The lowest BCUT2D eigenvalue weighted by Crippen LogP contribution is -2.32.